The van der Waals surface area contributed by atoms with Crippen LogP contribution in [0.1, 0.15) is 34.3 Å². The molecule has 0 saturated carbocycles. The normalized spacial score (nSPS) is 15.0. The van der Waals surface area contributed by atoms with Crippen molar-refractivity contribution in [2.75, 3.05) is 18.4 Å². The third kappa shape index (κ3) is 4.07. The second-order valence-electron chi connectivity index (χ2n) is 6.85. The molecule has 1 aliphatic heterocycles. The second kappa shape index (κ2) is 7.92. The predicted molar refractivity (Wildman–Crippen MR) is 105 cm³/mol. The molecule has 1 heterocycles. The summed E-state index contributed by atoms with van der Waals surface area (Å²) in [5.41, 5.74) is 3.55. The van der Waals surface area contributed by atoms with Gasteiger partial charge in [-0.3, -0.25) is 9.59 Å². The Labute approximate surface area is 159 Å². The first kappa shape index (κ1) is 18.5. The van der Waals surface area contributed by atoms with Crippen LogP contribution in [0.3, 0.4) is 0 Å². The Balaban J connectivity index is 1.60. The standard InChI is InChI=1S/C21H23ClN2O2/c1-14-7-8-15(2)19(13-14)23-20(25)16-9-11-24(12-10-16)21(26)17-5-3-4-6-18(17)22/h3-8,13,16H,9-12H2,1-2H3,(H,23,25). The van der Waals surface area contributed by atoms with Gasteiger partial charge >= 0.3 is 0 Å². The Kier molecular flexibility index (Phi) is 5.62. The van der Waals surface area contributed by atoms with Crippen molar-refractivity contribution in [3.63, 3.8) is 0 Å². The Morgan fingerprint density at radius 3 is 2.46 bits per heavy atom. The van der Waals surface area contributed by atoms with Gasteiger partial charge in [0.1, 0.15) is 0 Å². The fourth-order valence-corrected chi connectivity index (χ4v) is 3.47. The van der Waals surface area contributed by atoms with Gasteiger partial charge in [-0.2, -0.15) is 0 Å². The largest absolute Gasteiger partial charge is 0.339 e. The summed E-state index contributed by atoms with van der Waals surface area (Å²) >= 11 is 6.12. The highest BCUT2D eigenvalue weighted by atomic mass is 35.5. The zero-order valence-electron chi connectivity index (χ0n) is 15.1. The maximum atomic E-state index is 12.6. The van der Waals surface area contributed by atoms with E-state index in [0.717, 1.165) is 16.8 Å². The molecule has 0 spiro atoms. The number of nitrogens with zero attached hydrogens (tertiary/aromatic N) is 1. The molecule has 1 N–H and O–H groups in total. The van der Waals surface area contributed by atoms with Gasteiger partial charge in [0, 0.05) is 24.7 Å². The molecule has 0 atom stereocenters. The van der Waals surface area contributed by atoms with E-state index in [1.807, 2.05) is 44.2 Å². The molecular weight excluding hydrogens is 348 g/mol. The van der Waals surface area contributed by atoms with Crippen molar-refractivity contribution in [2.45, 2.75) is 26.7 Å². The highest BCUT2D eigenvalue weighted by Gasteiger charge is 2.28. The van der Waals surface area contributed by atoms with Crippen molar-refractivity contribution in [2.24, 2.45) is 5.92 Å². The summed E-state index contributed by atoms with van der Waals surface area (Å²) < 4.78 is 0. The van der Waals surface area contributed by atoms with Crippen molar-refractivity contribution in [3.05, 3.63) is 64.2 Å². The number of piperidine rings is 1. The average molecular weight is 371 g/mol. The van der Waals surface area contributed by atoms with Gasteiger partial charge in [-0.25, -0.2) is 0 Å². The van der Waals surface area contributed by atoms with Crippen molar-refractivity contribution < 1.29 is 9.59 Å². The van der Waals surface area contributed by atoms with Crippen molar-refractivity contribution in [1.29, 1.82) is 0 Å². The molecule has 2 aromatic carbocycles. The fourth-order valence-electron chi connectivity index (χ4n) is 3.26. The number of halogens is 1. The van der Waals surface area contributed by atoms with E-state index in [4.69, 9.17) is 11.6 Å². The first-order valence-corrected chi connectivity index (χ1v) is 9.25. The van der Waals surface area contributed by atoms with E-state index in [0.29, 0.717) is 36.5 Å². The molecule has 1 saturated heterocycles. The van der Waals surface area contributed by atoms with Crippen molar-refractivity contribution >= 4 is 29.1 Å². The number of hydrogen-bond donors (Lipinski definition) is 1. The van der Waals surface area contributed by atoms with E-state index in [1.165, 1.54) is 0 Å². The van der Waals surface area contributed by atoms with E-state index in [1.54, 1.807) is 17.0 Å². The van der Waals surface area contributed by atoms with E-state index in [9.17, 15) is 9.59 Å². The van der Waals surface area contributed by atoms with E-state index >= 15 is 0 Å². The minimum atomic E-state index is -0.0785. The lowest BCUT2D eigenvalue weighted by molar-refractivity contribution is -0.121. The molecule has 3 rings (SSSR count). The molecule has 2 aromatic rings. The van der Waals surface area contributed by atoms with E-state index in [2.05, 4.69) is 5.32 Å². The van der Waals surface area contributed by atoms with Crippen molar-refractivity contribution in [3.8, 4) is 0 Å². The number of aryl methyl sites for hydroxylation is 2. The quantitative estimate of drug-likeness (QED) is 0.867. The summed E-state index contributed by atoms with van der Waals surface area (Å²) in [6.07, 6.45) is 1.32. The Hall–Kier alpha value is -2.33. The van der Waals surface area contributed by atoms with E-state index in [-0.39, 0.29) is 17.7 Å². The fraction of sp³-hybridized carbons (Fsp3) is 0.333. The molecule has 5 heteroatoms. The molecule has 0 aliphatic carbocycles. The number of anilines is 1. The van der Waals surface area contributed by atoms with Crippen LogP contribution in [-0.2, 0) is 4.79 Å². The van der Waals surface area contributed by atoms with Crippen LogP contribution in [0.15, 0.2) is 42.5 Å². The van der Waals surface area contributed by atoms with Gasteiger partial charge in [0.15, 0.2) is 0 Å². The van der Waals surface area contributed by atoms with Crippen LogP contribution in [0.5, 0.6) is 0 Å². The van der Waals surface area contributed by atoms with Gasteiger partial charge in [-0.05, 0) is 56.0 Å². The van der Waals surface area contributed by atoms with Crippen LogP contribution in [0.4, 0.5) is 5.69 Å². The van der Waals surface area contributed by atoms with Gasteiger partial charge in [-0.15, -0.1) is 0 Å². The predicted octanol–water partition coefficient (Wildman–Crippen LogP) is 4.45. The SMILES string of the molecule is Cc1ccc(C)c(NC(=O)C2CCN(C(=O)c3ccccc3Cl)CC2)c1. The zero-order valence-corrected chi connectivity index (χ0v) is 15.8. The summed E-state index contributed by atoms with van der Waals surface area (Å²) in [5.74, 6) is -0.113. The van der Waals surface area contributed by atoms with Crippen molar-refractivity contribution in [1.82, 2.24) is 4.90 Å². The topological polar surface area (TPSA) is 49.4 Å². The minimum Gasteiger partial charge on any atom is -0.339 e. The highest BCUT2D eigenvalue weighted by molar-refractivity contribution is 6.33. The summed E-state index contributed by atoms with van der Waals surface area (Å²) in [4.78, 5) is 27.0. The average Bonchev–Trinajstić information content (AvgIpc) is 2.64. The number of likely N-dealkylation sites (tertiary alicyclic amines) is 1. The molecule has 4 nitrogen and oxygen atoms in total. The number of hydrogen-bond acceptors (Lipinski definition) is 2. The zero-order chi connectivity index (χ0) is 18.7. The molecule has 1 fully saturated rings. The van der Waals surface area contributed by atoms with Gasteiger partial charge in [0.05, 0.1) is 10.6 Å². The van der Waals surface area contributed by atoms with Gasteiger partial charge in [0.25, 0.3) is 5.91 Å². The first-order chi connectivity index (χ1) is 12.5. The molecule has 0 unspecified atom stereocenters. The number of carbonyl (C=O) groups excluding carboxylic acids is 2. The minimum absolute atomic E-state index is 0.0311. The maximum Gasteiger partial charge on any atom is 0.255 e. The Bertz CT molecular complexity index is 827. The lowest BCUT2D eigenvalue weighted by atomic mass is 9.95. The van der Waals surface area contributed by atoms with Crippen LogP contribution in [0, 0.1) is 19.8 Å². The van der Waals surface area contributed by atoms with E-state index < -0.39 is 0 Å². The molecular formula is C21H23ClN2O2. The third-order valence-electron chi connectivity index (χ3n) is 4.91. The molecule has 0 radical (unpaired) electrons. The lowest BCUT2D eigenvalue weighted by Gasteiger charge is -2.31. The highest BCUT2D eigenvalue weighted by Crippen LogP contribution is 2.24. The van der Waals surface area contributed by atoms with Crippen LogP contribution in [0.2, 0.25) is 5.02 Å². The van der Waals surface area contributed by atoms with Crippen LogP contribution in [-0.4, -0.2) is 29.8 Å². The summed E-state index contributed by atoms with van der Waals surface area (Å²) in [5, 5.41) is 3.51. The Morgan fingerprint density at radius 1 is 1.08 bits per heavy atom. The summed E-state index contributed by atoms with van der Waals surface area (Å²) in [7, 11) is 0. The van der Waals surface area contributed by atoms with Gasteiger partial charge in [0.2, 0.25) is 5.91 Å². The van der Waals surface area contributed by atoms with Crippen LogP contribution in [0.25, 0.3) is 0 Å². The lowest BCUT2D eigenvalue weighted by Crippen LogP contribution is -2.41. The number of benzene rings is 2. The molecule has 2 amide bonds. The number of rotatable bonds is 3. The van der Waals surface area contributed by atoms with Gasteiger partial charge in [-0.1, -0.05) is 35.9 Å². The number of amides is 2. The molecule has 0 bridgehead atoms. The maximum absolute atomic E-state index is 12.6. The molecule has 1 aliphatic rings. The number of nitrogens with one attached hydrogen (secondary N) is 1. The second-order valence-corrected chi connectivity index (χ2v) is 7.26. The first-order valence-electron chi connectivity index (χ1n) is 8.87. The smallest absolute Gasteiger partial charge is 0.255 e. The molecule has 136 valence electrons. The van der Waals surface area contributed by atoms with Crippen LogP contribution >= 0.6 is 11.6 Å². The summed E-state index contributed by atoms with van der Waals surface area (Å²) in [6.45, 7) is 5.12. The Morgan fingerprint density at radius 2 is 1.77 bits per heavy atom. The molecule has 26 heavy (non-hydrogen) atoms. The monoisotopic (exact) mass is 370 g/mol. The third-order valence-corrected chi connectivity index (χ3v) is 5.24. The summed E-state index contributed by atoms with van der Waals surface area (Å²) in [6, 6.07) is 13.1. The van der Waals surface area contributed by atoms with Gasteiger partial charge < -0.3 is 10.2 Å². The number of carbonyl (C=O) groups is 2. The van der Waals surface area contributed by atoms with Crippen LogP contribution < -0.4 is 5.32 Å². The molecule has 0 aromatic heterocycles.